The lowest BCUT2D eigenvalue weighted by molar-refractivity contribution is 0.600. The molecule has 2 aromatic rings. The highest BCUT2D eigenvalue weighted by Gasteiger charge is 2.06. The monoisotopic (exact) mass is 252 g/mol. The summed E-state index contributed by atoms with van der Waals surface area (Å²) < 4.78 is 1.27. The Morgan fingerprint density at radius 1 is 1.56 bits per heavy atom. The Hall–Kier alpha value is -0.580. The number of thiophene rings is 1. The van der Waals surface area contributed by atoms with Crippen molar-refractivity contribution in [2.45, 2.75) is 13.0 Å². The fourth-order valence-electron chi connectivity index (χ4n) is 1.59. The van der Waals surface area contributed by atoms with Gasteiger partial charge in [-0.3, -0.25) is 4.98 Å². The molecule has 1 atom stereocenters. The van der Waals surface area contributed by atoms with Crippen LogP contribution in [0.25, 0.3) is 10.2 Å². The Balaban J connectivity index is 2.07. The second-order valence-corrected chi connectivity index (χ2v) is 5.67. The normalized spacial score (nSPS) is 13.1. The van der Waals surface area contributed by atoms with Gasteiger partial charge < -0.3 is 5.32 Å². The molecular weight excluding hydrogens is 236 g/mol. The van der Waals surface area contributed by atoms with Gasteiger partial charge in [-0.25, -0.2) is 0 Å². The molecule has 2 nitrogen and oxygen atoms in total. The molecule has 0 bridgehead atoms. The van der Waals surface area contributed by atoms with Crippen LogP contribution in [0.4, 0.5) is 0 Å². The minimum atomic E-state index is 0.381. The Morgan fingerprint density at radius 3 is 3.25 bits per heavy atom. The van der Waals surface area contributed by atoms with E-state index in [1.807, 2.05) is 18.0 Å². The number of thioether (sulfide) groups is 1. The molecule has 0 spiro atoms. The van der Waals surface area contributed by atoms with Crippen LogP contribution in [0.2, 0.25) is 0 Å². The first kappa shape index (κ1) is 11.9. The van der Waals surface area contributed by atoms with Crippen molar-refractivity contribution in [2.75, 3.05) is 18.6 Å². The van der Waals surface area contributed by atoms with Gasteiger partial charge in [0, 0.05) is 24.5 Å². The summed E-state index contributed by atoms with van der Waals surface area (Å²) in [6.07, 6.45) is 4.11. The van der Waals surface area contributed by atoms with Crippen molar-refractivity contribution in [2.24, 2.45) is 0 Å². The molecule has 86 valence electrons. The maximum atomic E-state index is 4.46. The molecule has 16 heavy (non-hydrogen) atoms. The number of nitrogens with zero attached hydrogens (tertiary/aromatic N) is 1. The van der Waals surface area contributed by atoms with Crippen molar-refractivity contribution in [3.8, 4) is 0 Å². The maximum Gasteiger partial charge on any atom is 0.0809 e. The molecule has 4 heteroatoms. The van der Waals surface area contributed by atoms with Gasteiger partial charge >= 0.3 is 0 Å². The molecule has 1 N–H and O–H groups in total. The van der Waals surface area contributed by atoms with Gasteiger partial charge in [-0.2, -0.15) is 11.8 Å². The number of aromatic nitrogens is 1. The Kier molecular flexibility index (Phi) is 4.21. The number of nitrogens with one attached hydrogen (secondary N) is 1. The van der Waals surface area contributed by atoms with Crippen LogP contribution < -0.4 is 5.32 Å². The second kappa shape index (κ2) is 5.66. The van der Waals surface area contributed by atoms with Crippen LogP contribution in [-0.4, -0.2) is 23.5 Å². The quantitative estimate of drug-likeness (QED) is 0.826. The highest BCUT2D eigenvalue weighted by molar-refractivity contribution is 7.98. The van der Waals surface area contributed by atoms with E-state index in [2.05, 4.69) is 41.0 Å². The number of rotatable bonds is 5. The van der Waals surface area contributed by atoms with Crippen molar-refractivity contribution in [3.05, 3.63) is 29.3 Å². The number of hydrogen-bond acceptors (Lipinski definition) is 4. The Labute approximate surface area is 104 Å². The van der Waals surface area contributed by atoms with Crippen LogP contribution in [0.3, 0.4) is 0 Å². The Morgan fingerprint density at radius 2 is 2.44 bits per heavy atom. The number of hydrogen-bond donors (Lipinski definition) is 1. The predicted molar refractivity (Wildman–Crippen MR) is 74.4 cm³/mol. The summed E-state index contributed by atoms with van der Waals surface area (Å²) in [6, 6.07) is 4.69. The molecule has 2 rings (SSSR count). The molecular formula is C12H16N2S2. The highest BCUT2D eigenvalue weighted by atomic mass is 32.2. The largest absolute Gasteiger partial charge is 0.309 e. The summed E-state index contributed by atoms with van der Waals surface area (Å²) in [5.41, 5.74) is 2.38. The van der Waals surface area contributed by atoms with Gasteiger partial charge in [0.15, 0.2) is 0 Å². The zero-order chi connectivity index (χ0) is 11.4. The van der Waals surface area contributed by atoms with E-state index >= 15 is 0 Å². The number of fused-ring (bicyclic) bond motifs is 1. The zero-order valence-electron chi connectivity index (χ0n) is 9.56. The molecule has 1 unspecified atom stereocenters. The SMILES string of the molecule is CSCCNC(C)c1cnc2ccsc2c1. The molecule has 0 radical (unpaired) electrons. The van der Waals surface area contributed by atoms with Crippen LogP contribution in [0.5, 0.6) is 0 Å². The summed E-state index contributed by atoms with van der Waals surface area (Å²) >= 11 is 3.62. The van der Waals surface area contributed by atoms with Gasteiger partial charge in [-0.05, 0) is 36.3 Å². The third kappa shape index (κ3) is 2.75. The van der Waals surface area contributed by atoms with Gasteiger partial charge in [0.25, 0.3) is 0 Å². The van der Waals surface area contributed by atoms with Crippen molar-refractivity contribution in [3.63, 3.8) is 0 Å². The van der Waals surface area contributed by atoms with Gasteiger partial charge in [0.05, 0.1) is 10.2 Å². The fraction of sp³-hybridized carbons (Fsp3) is 0.417. The van der Waals surface area contributed by atoms with Crippen LogP contribution >= 0.6 is 23.1 Å². The summed E-state index contributed by atoms with van der Waals surface area (Å²) in [7, 11) is 0. The smallest absolute Gasteiger partial charge is 0.0809 e. The second-order valence-electron chi connectivity index (χ2n) is 3.74. The summed E-state index contributed by atoms with van der Waals surface area (Å²) in [5, 5.41) is 5.59. The highest BCUT2D eigenvalue weighted by Crippen LogP contribution is 2.22. The molecule has 2 heterocycles. The van der Waals surface area contributed by atoms with Crippen LogP contribution in [0, 0.1) is 0 Å². The summed E-state index contributed by atoms with van der Waals surface area (Å²) in [4.78, 5) is 4.46. The molecule has 0 aliphatic heterocycles. The van der Waals surface area contributed by atoms with Crippen molar-refractivity contribution < 1.29 is 0 Å². The van der Waals surface area contributed by atoms with Gasteiger partial charge in [-0.15, -0.1) is 11.3 Å². The first-order chi connectivity index (χ1) is 7.81. The van der Waals surface area contributed by atoms with E-state index in [0.29, 0.717) is 6.04 Å². The van der Waals surface area contributed by atoms with Crippen LogP contribution in [0.1, 0.15) is 18.5 Å². The molecule has 0 fully saturated rings. The van der Waals surface area contributed by atoms with E-state index in [9.17, 15) is 0 Å². The number of pyridine rings is 1. The van der Waals surface area contributed by atoms with Gasteiger partial charge in [0.1, 0.15) is 0 Å². The lowest BCUT2D eigenvalue weighted by Crippen LogP contribution is -2.21. The maximum absolute atomic E-state index is 4.46. The third-order valence-corrected chi connectivity index (χ3v) is 4.05. The van der Waals surface area contributed by atoms with Crippen molar-refractivity contribution in [1.82, 2.24) is 10.3 Å². The average molecular weight is 252 g/mol. The molecule has 2 aromatic heterocycles. The van der Waals surface area contributed by atoms with E-state index in [1.165, 1.54) is 10.3 Å². The van der Waals surface area contributed by atoms with Crippen molar-refractivity contribution in [1.29, 1.82) is 0 Å². The van der Waals surface area contributed by atoms with E-state index in [-0.39, 0.29) is 0 Å². The molecule has 0 saturated heterocycles. The summed E-state index contributed by atoms with van der Waals surface area (Å²) in [6.45, 7) is 3.24. The first-order valence-corrected chi connectivity index (χ1v) is 7.64. The van der Waals surface area contributed by atoms with E-state index in [1.54, 1.807) is 11.3 Å². The zero-order valence-corrected chi connectivity index (χ0v) is 11.2. The molecule has 0 aromatic carbocycles. The predicted octanol–water partition coefficient (Wildman–Crippen LogP) is 3.31. The fourth-order valence-corrected chi connectivity index (χ4v) is 2.70. The van der Waals surface area contributed by atoms with Gasteiger partial charge in [-0.1, -0.05) is 0 Å². The first-order valence-electron chi connectivity index (χ1n) is 5.36. The van der Waals surface area contributed by atoms with E-state index in [0.717, 1.165) is 17.8 Å². The molecule has 0 aliphatic carbocycles. The van der Waals surface area contributed by atoms with Gasteiger partial charge in [0.2, 0.25) is 0 Å². The molecule has 0 saturated carbocycles. The minimum Gasteiger partial charge on any atom is -0.309 e. The standard InChI is InChI=1S/C12H16N2S2/c1-9(13-4-6-15-2)10-7-12-11(14-8-10)3-5-16-12/h3,5,7-9,13H,4,6H2,1-2H3. The average Bonchev–Trinajstić information content (AvgIpc) is 2.76. The topological polar surface area (TPSA) is 24.9 Å². The lowest BCUT2D eigenvalue weighted by Gasteiger charge is -2.13. The van der Waals surface area contributed by atoms with Crippen LogP contribution in [-0.2, 0) is 0 Å². The van der Waals surface area contributed by atoms with E-state index < -0.39 is 0 Å². The van der Waals surface area contributed by atoms with Crippen LogP contribution in [0.15, 0.2) is 23.7 Å². The Bertz CT molecular complexity index is 453. The third-order valence-electron chi connectivity index (χ3n) is 2.58. The van der Waals surface area contributed by atoms with E-state index in [4.69, 9.17) is 0 Å². The molecule has 0 amide bonds. The minimum absolute atomic E-state index is 0.381. The summed E-state index contributed by atoms with van der Waals surface area (Å²) in [5.74, 6) is 1.15. The van der Waals surface area contributed by atoms with Crippen molar-refractivity contribution >= 4 is 33.3 Å². The lowest BCUT2D eigenvalue weighted by atomic mass is 10.1. The molecule has 0 aliphatic rings.